The minimum atomic E-state index is -0.586. The van der Waals surface area contributed by atoms with Gasteiger partial charge in [-0.25, -0.2) is 0 Å². The number of anilines is 1. The molecule has 3 heterocycles. The molecule has 1 aliphatic heterocycles. The topological polar surface area (TPSA) is 67.7 Å². The number of hydrogen-bond donors (Lipinski definition) is 2. The van der Waals surface area contributed by atoms with E-state index in [1.807, 2.05) is 26.0 Å². The molecule has 1 aromatic carbocycles. The first kappa shape index (κ1) is 24.8. The Morgan fingerprint density at radius 2 is 2.00 bits per heavy atom. The molecule has 5 heteroatoms. The third-order valence-corrected chi connectivity index (χ3v) is 7.28. The second kappa shape index (κ2) is 11.0. The van der Waals surface area contributed by atoms with Crippen molar-refractivity contribution in [2.45, 2.75) is 58.3 Å². The first-order chi connectivity index (χ1) is 16.9. The minimum absolute atomic E-state index is 0.531. The summed E-state index contributed by atoms with van der Waals surface area (Å²) in [6, 6.07) is 13.0. The van der Waals surface area contributed by atoms with Gasteiger partial charge in [0.25, 0.3) is 0 Å². The van der Waals surface area contributed by atoms with Crippen molar-refractivity contribution < 1.29 is 0 Å². The first-order valence-electron chi connectivity index (χ1n) is 12.8. The maximum atomic E-state index is 9.27. The van der Waals surface area contributed by atoms with Gasteiger partial charge in [-0.2, -0.15) is 5.26 Å². The van der Waals surface area contributed by atoms with E-state index in [0.717, 1.165) is 35.8 Å². The number of likely N-dealkylation sites (tertiary alicyclic amines) is 1. The first-order valence-corrected chi connectivity index (χ1v) is 12.8. The number of nitrogens with one attached hydrogen (secondary N) is 2. The summed E-state index contributed by atoms with van der Waals surface area (Å²) >= 11 is 0. The number of nitrogens with zero attached hydrogens (tertiary/aromatic N) is 3. The van der Waals surface area contributed by atoms with Crippen molar-refractivity contribution in [1.29, 1.82) is 5.26 Å². The Bertz CT molecular complexity index is 1240. The smallest absolute Gasteiger partial charge is 0.0937 e. The molecule has 4 rings (SSSR count). The fraction of sp³-hybridized carbons (Fsp3) is 0.467. The molecule has 0 radical (unpaired) electrons. The van der Waals surface area contributed by atoms with Crippen molar-refractivity contribution in [3.05, 3.63) is 59.0 Å². The summed E-state index contributed by atoms with van der Waals surface area (Å²) in [5, 5.41) is 13.9. The monoisotopic (exact) mass is 467 g/mol. The lowest BCUT2D eigenvalue weighted by molar-refractivity contribution is 0.212. The summed E-state index contributed by atoms with van der Waals surface area (Å²) in [5.41, 5.74) is 6.00. The highest BCUT2D eigenvalue weighted by Gasteiger charge is 2.21. The molecule has 1 aliphatic rings. The van der Waals surface area contributed by atoms with Gasteiger partial charge in [-0.15, -0.1) is 0 Å². The molecule has 0 aliphatic carbocycles. The van der Waals surface area contributed by atoms with E-state index in [-0.39, 0.29) is 0 Å². The van der Waals surface area contributed by atoms with Crippen LogP contribution in [0.4, 0.5) is 5.69 Å². The SMILES string of the molecule is CCc1c(C#CCNc2ccc(C(C)(C)C#N)nc2)[nH]c2cc(CCC3CCN(C)CC3)ccc12. The van der Waals surface area contributed by atoms with E-state index in [9.17, 15) is 5.26 Å². The van der Waals surface area contributed by atoms with Crippen molar-refractivity contribution in [3.63, 3.8) is 0 Å². The van der Waals surface area contributed by atoms with Crippen LogP contribution in [0.1, 0.15) is 62.5 Å². The summed E-state index contributed by atoms with van der Waals surface area (Å²) in [5.74, 6) is 7.45. The number of hydrogen-bond acceptors (Lipinski definition) is 4. The highest BCUT2D eigenvalue weighted by atomic mass is 15.1. The average Bonchev–Trinajstić information content (AvgIpc) is 3.23. The quantitative estimate of drug-likeness (QED) is 0.440. The van der Waals surface area contributed by atoms with Crippen molar-refractivity contribution in [1.82, 2.24) is 14.9 Å². The van der Waals surface area contributed by atoms with E-state index in [0.29, 0.717) is 6.54 Å². The van der Waals surface area contributed by atoms with Gasteiger partial charge in [-0.1, -0.05) is 25.0 Å². The van der Waals surface area contributed by atoms with Crippen LogP contribution in [0, 0.1) is 29.1 Å². The van der Waals surface area contributed by atoms with Crippen LogP contribution in [0.2, 0.25) is 0 Å². The Labute approximate surface area is 209 Å². The Kier molecular flexibility index (Phi) is 7.79. The molecule has 0 unspecified atom stereocenters. The van der Waals surface area contributed by atoms with E-state index < -0.39 is 5.41 Å². The second-order valence-electron chi connectivity index (χ2n) is 10.3. The third kappa shape index (κ3) is 6.05. The molecule has 0 amide bonds. The number of aromatic amines is 1. The van der Waals surface area contributed by atoms with Gasteiger partial charge in [0, 0.05) is 10.9 Å². The predicted octanol–water partition coefficient (Wildman–Crippen LogP) is 5.66. The standard InChI is InChI=1S/C30H37N5/c1-5-25-26-12-10-23(9-8-22-14-17-35(4)18-15-22)19-28(26)34-27(25)7-6-16-32-24-11-13-29(33-20-24)30(2,3)21-31/h10-13,19-20,22,32,34H,5,8-9,14-18H2,1-4H3. The summed E-state index contributed by atoms with van der Waals surface area (Å²) < 4.78 is 0. The minimum Gasteiger partial charge on any atom is -0.373 e. The van der Waals surface area contributed by atoms with Crippen LogP contribution in [0.3, 0.4) is 0 Å². The van der Waals surface area contributed by atoms with E-state index in [1.165, 1.54) is 54.4 Å². The zero-order chi connectivity index (χ0) is 24.8. The molecule has 5 nitrogen and oxygen atoms in total. The number of rotatable bonds is 7. The molecule has 0 atom stereocenters. The molecular weight excluding hydrogens is 430 g/mol. The number of aromatic nitrogens is 2. The Balaban J connectivity index is 1.39. The summed E-state index contributed by atoms with van der Waals surface area (Å²) in [6.45, 7) is 8.94. The number of H-pyrrole nitrogens is 1. The molecule has 0 spiro atoms. The van der Waals surface area contributed by atoms with Gasteiger partial charge in [0.1, 0.15) is 0 Å². The number of piperidine rings is 1. The maximum Gasteiger partial charge on any atom is 0.0937 e. The molecule has 2 N–H and O–H groups in total. The number of fused-ring (bicyclic) bond motifs is 1. The van der Waals surface area contributed by atoms with E-state index in [1.54, 1.807) is 6.20 Å². The highest BCUT2D eigenvalue weighted by Crippen LogP contribution is 2.26. The Morgan fingerprint density at radius 1 is 1.20 bits per heavy atom. The predicted molar refractivity (Wildman–Crippen MR) is 144 cm³/mol. The molecule has 3 aromatic rings. The van der Waals surface area contributed by atoms with Gasteiger partial charge in [-0.3, -0.25) is 4.98 Å². The fourth-order valence-electron chi connectivity index (χ4n) is 4.86. The number of benzene rings is 1. The summed E-state index contributed by atoms with van der Waals surface area (Å²) in [6.07, 6.45) is 7.80. The van der Waals surface area contributed by atoms with Gasteiger partial charge in [0.2, 0.25) is 0 Å². The molecule has 0 saturated carbocycles. The summed E-state index contributed by atoms with van der Waals surface area (Å²) in [4.78, 5) is 10.4. The lowest BCUT2D eigenvalue weighted by atomic mass is 9.90. The Morgan fingerprint density at radius 3 is 2.69 bits per heavy atom. The lowest BCUT2D eigenvalue weighted by Gasteiger charge is -2.28. The van der Waals surface area contributed by atoms with Crippen LogP contribution in [0.15, 0.2) is 36.5 Å². The van der Waals surface area contributed by atoms with Crippen LogP contribution in [-0.4, -0.2) is 41.5 Å². The van der Waals surface area contributed by atoms with Gasteiger partial charge in [0.05, 0.1) is 41.3 Å². The van der Waals surface area contributed by atoms with Crippen LogP contribution >= 0.6 is 0 Å². The van der Waals surface area contributed by atoms with Crippen LogP contribution in [-0.2, 0) is 18.3 Å². The third-order valence-electron chi connectivity index (χ3n) is 7.28. The van der Waals surface area contributed by atoms with Crippen molar-refractivity contribution in [3.8, 4) is 17.9 Å². The Hall–Kier alpha value is -3.28. The largest absolute Gasteiger partial charge is 0.373 e. The maximum absolute atomic E-state index is 9.27. The highest BCUT2D eigenvalue weighted by molar-refractivity contribution is 5.86. The molecule has 0 bridgehead atoms. The number of nitriles is 1. The van der Waals surface area contributed by atoms with Crippen LogP contribution in [0.5, 0.6) is 0 Å². The molecule has 35 heavy (non-hydrogen) atoms. The van der Waals surface area contributed by atoms with E-state index in [4.69, 9.17) is 0 Å². The number of aryl methyl sites for hydroxylation is 2. The number of pyridine rings is 1. The summed E-state index contributed by atoms with van der Waals surface area (Å²) in [7, 11) is 2.23. The lowest BCUT2D eigenvalue weighted by Crippen LogP contribution is -2.30. The normalized spacial score (nSPS) is 14.9. The van der Waals surface area contributed by atoms with E-state index in [2.05, 4.69) is 70.3 Å². The molecular formula is C30H37N5. The van der Waals surface area contributed by atoms with Gasteiger partial charge in [-0.05, 0) is 107 Å². The average molecular weight is 468 g/mol. The fourth-order valence-corrected chi connectivity index (χ4v) is 4.86. The molecule has 1 saturated heterocycles. The van der Waals surface area contributed by atoms with E-state index >= 15 is 0 Å². The van der Waals surface area contributed by atoms with Gasteiger partial charge < -0.3 is 15.2 Å². The van der Waals surface area contributed by atoms with Crippen molar-refractivity contribution >= 4 is 16.6 Å². The zero-order valence-electron chi connectivity index (χ0n) is 21.5. The van der Waals surface area contributed by atoms with Crippen molar-refractivity contribution in [2.75, 3.05) is 32.0 Å². The van der Waals surface area contributed by atoms with Crippen LogP contribution in [0.25, 0.3) is 10.9 Å². The second-order valence-corrected chi connectivity index (χ2v) is 10.3. The van der Waals surface area contributed by atoms with Crippen LogP contribution < -0.4 is 5.32 Å². The van der Waals surface area contributed by atoms with Gasteiger partial charge in [0.15, 0.2) is 0 Å². The van der Waals surface area contributed by atoms with Gasteiger partial charge >= 0.3 is 0 Å². The van der Waals surface area contributed by atoms with Crippen molar-refractivity contribution in [2.24, 2.45) is 5.92 Å². The molecule has 2 aromatic heterocycles. The molecule has 182 valence electrons. The zero-order valence-corrected chi connectivity index (χ0v) is 21.5. The molecule has 1 fully saturated rings.